The maximum Gasteiger partial charge on any atom is 0.234 e. The number of carbonyl (C=O) groups is 2. The van der Waals surface area contributed by atoms with Gasteiger partial charge < -0.3 is 4.74 Å². The van der Waals surface area contributed by atoms with E-state index in [4.69, 9.17) is 22.2 Å². The predicted octanol–water partition coefficient (Wildman–Crippen LogP) is 1.69. The minimum atomic E-state index is -0.243. The molecule has 0 aliphatic rings. The molecule has 0 fully saturated rings. The smallest absolute Gasteiger partial charge is 0.234 e. The van der Waals surface area contributed by atoms with Gasteiger partial charge in [-0.3, -0.25) is 15.0 Å². The lowest BCUT2D eigenvalue weighted by atomic mass is 10.2. The Morgan fingerprint density at radius 2 is 2.33 bits per heavy atom. The fourth-order valence-electron chi connectivity index (χ4n) is 1.37. The zero-order valence-electron chi connectivity index (χ0n) is 9.98. The number of rotatable bonds is 6. The van der Waals surface area contributed by atoms with Crippen molar-refractivity contribution in [2.24, 2.45) is 5.84 Å². The molecule has 1 aromatic rings. The first kappa shape index (κ1) is 14.5. The minimum Gasteiger partial charge on any atom is -0.489 e. The van der Waals surface area contributed by atoms with Crippen molar-refractivity contribution in [2.45, 2.75) is 25.9 Å². The number of hydrazine groups is 1. The molecule has 5 nitrogen and oxygen atoms in total. The van der Waals surface area contributed by atoms with Crippen molar-refractivity contribution in [3.05, 3.63) is 28.8 Å². The summed E-state index contributed by atoms with van der Waals surface area (Å²) in [5.74, 6) is 5.22. The summed E-state index contributed by atoms with van der Waals surface area (Å²) in [5.41, 5.74) is 2.54. The van der Waals surface area contributed by atoms with Gasteiger partial charge in [-0.25, -0.2) is 5.84 Å². The van der Waals surface area contributed by atoms with Gasteiger partial charge >= 0.3 is 0 Å². The number of benzene rings is 1. The van der Waals surface area contributed by atoms with Gasteiger partial charge in [-0.2, -0.15) is 0 Å². The van der Waals surface area contributed by atoms with Crippen molar-refractivity contribution in [1.29, 1.82) is 0 Å². The molecule has 0 saturated carbocycles. The number of amides is 1. The van der Waals surface area contributed by atoms with Crippen LogP contribution in [-0.2, 0) is 4.79 Å². The molecule has 0 radical (unpaired) electrons. The first-order valence-corrected chi connectivity index (χ1v) is 5.85. The van der Waals surface area contributed by atoms with Crippen LogP contribution in [0.2, 0.25) is 5.02 Å². The van der Waals surface area contributed by atoms with Crippen molar-refractivity contribution >= 4 is 23.8 Å². The number of aldehydes is 1. The molecule has 1 unspecified atom stereocenters. The van der Waals surface area contributed by atoms with Crippen molar-refractivity contribution < 1.29 is 14.3 Å². The van der Waals surface area contributed by atoms with Gasteiger partial charge in [0, 0.05) is 12.0 Å². The number of halogens is 1. The Hall–Kier alpha value is -1.59. The average Bonchev–Trinajstić information content (AvgIpc) is 2.38. The fourth-order valence-corrected chi connectivity index (χ4v) is 1.60. The Morgan fingerprint density at radius 3 is 2.89 bits per heavy atom. The first-order chi connectivity index (χ1) is 8.56. The van der Waals surface area contributed by atoms with Gasteiger partial charge in [0.15, 0.2) is 0 Å². The molecule has 1 atom stereocenters. The van der Waals surface area contributed by atoms with Gasteiger partial charge in [-0.15, -0.1) is 0 Å². The highest BCUT2D eigenvalue weighted by Gasteiger charge is 2.10. The van der Waals surface area contributed by atoms with E-state index in [1.165, 1.54) is 6.07 Å². The molecule has 0 aliphatic carbocycles. The third kappa shape index (κ3) is 4.35. The van der Waals surface area contributed by atoms with Crippen LogP contribution in [0.4, 0.5) is 0 Å². The molecule has 6 heteroatoms. The number of hydrogen-bond acceptors (Lipinski definition) is 4. The summed E-state index contributed by atoms with van der Waals surface area (Å²) in [6.07, 6.45) is 1.34. The summed E-state index contributed by atoms with van der Waals surface area (Å²) in [6, 6.07) is 4.78. The van der Waals surface area contributed by atoms with Crippen LogP contribution in [0.3, 0.4) is 0 Å². The third-order valence-corrected chi connectivity index (χ3v) is 2.65. The number of hydrogen-bond donors (Lipinski definition) is 2. The van der Waals surface area contributed by atoms with Crippen LogP contribution in [-0.4, -0.2) is 18.3 Å². The molecule has 1 amide bonds. The fraction of sp³-hybridized carbons (Fsp3) is 0.333. The molecular formula is C12H15ClN2O3. The molecule has 0 bridgehead atoms. The van der Waals surface area contributed by atoms with E-state index in [2.05, 4.69) is 5.43 Å². The highest BCUT2D eigenvalue weighted by molar-refractivity contribution is 6.32. The Morgan fingerprint density at radius 1 is 1.61 bits per heavy atom. The highest BCUT2D eigenvalue weighted by atomic mass is 35.5. The molecule has 0 saturated heterocycles. The molecule has 18 heavy (non-hydrogen) atoms. The van der Waals surface area contributed by atoms with Gasteiger partial charge in [0.2, 0.25) is 5.91 Å². The molecule has 1 rings (SSSR count). The molecule has 98 valence electrons. The van der Waals surface area contributed by atoms with Crippen LogP contribution >= 0.6 is 11.6 Å². The van der Waals surface area contributed by atoms with E-state index in [0.29, 0.717) is 29.0 Å². The SMILES string of the molecule is CC(CCC(=O)NN)Oc1ccc(C=O)cc1Cl. The van der Waals surface area contributed by atoms with Gasteiger partial charge in [0.25, 0.3) is 0 Å². The summed E-state index contributed by atoms with van der Waals surface area (Å²) < 4.78 is 5.57. The largest absolute Gasteiger partial charge is 0.489 e. The molecule has 0 aromatic heterocycles. The lowest BCUT2D eigenvalue weighted by molar-refractivity contribution is -0.121. The summed E-state index contributed by atoms with van der Waals surface area (Å²) in [6.45, 7) is 1.83. The van der Waals surface area contributed by atoms with Crippen molar-refractivity contribution in [1.82, 2.24) is 5.43 Å². The highest BCUT2D eigenvalue weighted by Crippen LogP contribution is 2.26. The molecular weight excluding hydrogens is 256 g/mol. The zero-order valence-corrected chi connectivity index (χ0v) is 10.7. The quantitative estimate of drug-likeness (QED) is 0.357. The van der Waals surface area contributed by atoms with E-state index in [9.17, 15) is 9.59 Å². The monoisotopic (exact) mass is 270 g/mol. The van der Waals surface area contributed by atoms with Gasteiger partial charge in [0.1, 0.15) is 12.0 Å². The normalized spacial score (nSPS) is 11.7. The second kappa shape index (κ2) is 6.98. The van der Waals surface area contributed by atoms with Crippen LogP contribution in [0.25, 0.3) is 0 Å². The van der Waals surface area contributed by atoms with Gasteiger partial charge in [-0.1, -0.05) is 11.6 Å². The molecule has 0 heterocycles. The van der Waals surface area contributed by atoms with Crippen LogP contribution in [0.1, 0.15) is 30.1 Å². The second-order valence-electron chi connectivity index (χ2n) is 3.84. The van der Waals surface area contributed by atoms with Crippen molar-refractivity contribution in [2.75, 3.05) is 0 Å². The van der Waals surface area contributed by atoms with E-state index in [-0.39, 0.29) is 18.4 Å². The van der Waals surface area contributed by atoms with E-state index in [1.54, 1.807) is 12.1 Å². The molecule has 3 N–H and O–H groups in total. The lowest BCUT2D eigenvalue weighted by Crippen LogP contribution is -2.30. The predicted molar refractivity (Wildman–Crippen MR) is 68.5 cm³/mol. The maximum absolute atomic E-state index is 11.0. The van der Waals surface area contributed by atoms with Crippen LogP contribution < -0.4 is 16.0 Å². The van der Waals surface area contributed by atoms with Crippen LogP contribution in [0.5, 0.6) is 5.75 Å². The van der Waals surface area contributed by atoms with Crippen LogP contribution in [0, 0.1) is 0 Å². The van der Waals surface area contributed by atoms with Crippen molar-refractivity contribution in [3.63, 3.8) is 0 Å². The Balaban J connectivity index is 2.56. The van der Waals surface area contributed by atoms with E-state index >= 15 is 0 Å². The zero-order chi connectivity index (χ0) is 13.5. The summed E-state index contributed by atoms with van der Waals surface area (Å²) in [5, 5.41) is 0.370. The summed E-state index contributed by atoms with van der Waals surface area (Å²) in [4.78, 5) is 21.5. The lowest BCUT2D eigenvalue weighted by Gasteiger charge is -2.15. The number of ether oxygens (including phenoxy) is 1. The summed E-state index contributed by atoms with van der Waals surface area (Å²) in [7, 11) is 0. The van der Waals surface area contributed by atoms with Crippen LogP contribution in [0.15, 0.2) is 18.2 Å². The first-order valence-electron chi connectivity index (χ1n) is 5.47. The number of carbonyl (C=O) groups excluding carboxylic acids is 2. The minimum absolute atomic E-state index is 0.179. The third-order valence-electron chi connectivity index (χ3n) is 2.36. The van der Waals surface area contributed by atoms with E-state index in [0.717, 1.165) is 0 Å². The standard InChI is InChI=1S/C12H15ClN2O3/c1-8(2-5-12(17)15-14)18-11-4-3-9(7-16)6-10(11)13/h3-4,6-8H,2,5,14H2,1H3,(H,15,17). The van der Waals surface area contributed by atoms with Gasteiger partial charge in [-0.05, 0) is 31.5 Å². The van der Waals surface area contributed by atoms with E-state index in [1.807, 2.05) is 6.92 Å². The van der Waals surface area contributed by atoms with E-state index < -0.39 is 0 Å². The average molecular weight is 271 g/mol. The Bertz CT molecular complexity index is 437. The molecule has 0 aliphatic heterocycles. The summed E-state index contributed by atoms with van der Waals surface area (Å²) >= 11 is 5.96. The Labute approximate surface area is 110 Å². The Kier molecular flexibility index (Phi) is 5.61. The number of nitrogens with two attached hydrogens (primary N) is 1. The van der Waals surface area contributed by atoms with Gasteiger partial charge in [0.05, 0.1) is 11.1 Å². The number of nitrogens with one attached hydrogen (secondary N) is 1. The maximum atomic E-state index is 11.0. The topological polar surface area (TPSA) is 81.4 Å². The molecule has 0 spiro atoms. The second-order valence-corrected chi connectivity index (χ2v) is 4.25. The molecule has 1 aromatic carbocycles. The van der Waals surface area contributed by atoms with Crippen molar-refractivity contribution in [3.8, 4) is 5.75 Å².